The number of carbonyl (C=O) groups is 1. The van der Waals surface area contributed by atoms with Gasteiger partial charge in [-0.2, -0.15) is 0 Å². The molecular formula is C32H37N3O2. The zero-order valence-corrected chi connectivity index (χ0v) is 22.2. The lowest BCUT2D eigenvalue weighted by molar-refractivity contribution is 0.177. The van der Waals surface area contributed by atoms with Gasteiger partial charge in [0.05, 0.1) is 31.0 Å². The predicted octanol–water partition coefficient (Wildman–Crippen LogP) is 7.12. The van der Waals surface area contributed by atoms with Gasteiger partial charge in [0.2, 0.25) is 0 Å². The van der Waals surface area contributed by atoms with E-state index in [1.54, 1.807) is 4.90 Å². The third-order valence-corrected chi connectivity index (χ3v) is 8.00. The summed E-state index contributed by atoms with van der Waals surface area (Å²) in [6, 6.07) is 30.2. The fourth-order valence-electron chi connectivity index (χ4n) is 6.36. The molecule has 0 bridgehead atoms. The molecule has 37 heavy (non-hydrogen) atoms. The van der Waals surface area contributed by atoms with Crippen molar-refractivity contribution in [3.8, 4) is 0 Å². The van der Waals surface area contributed by atoms with Gasteiger partial charge in [0.25, 0.3) is 0 Å². The highest BCUT2D eigenvalue weighted by atomic mass is 16.5. The maximum Gasteiger partial charge on any atom is 0.418 e. The van der Waals surface area contributed by atoms with Crippen LogP contribution in [0.15, 0.2) is 96.7 Å². The highest BCUT2D eigenvalue weighted by Gasteiger charge is 2.48. The van der Waals surface area contributed by atoms with Gasteiger partial charge in [0, 0.05) is 12.1 Å². The molecule has 2 aliphatic heterocycles. The second-order valence-electron chi connectivity index (χ2n) is 10.1. The van der Waals surface area contributed by atoms with E-state index in [-0.39, 0.29) is 30.3 Å². The van der Waals surface area contributed by atoms with Crippen LogP contribution in [-0.2, 0) is 4.74 Å². The van der Waals surface area contributed by atoms with Crippen LogP contribution in [-0.4, -0.2) is 43.3 Å². The monoisotopic (exact) mass is 495 g/mol. The molecule has 1 amide bonds. The first-order chi connectivity index (χ1) is 18.1. The molecule has 5 rings (SSSR count). The number of benzene rings is 3. The van der Waals surface area contributed by atoms with E-state index >= 15 is 0 Å². The minimum atomic E-state index is -0.360. The summed E-state index contributed by atoms with van der Waals surface area (Å²) < 4.78 is 5.22. The molecule has 1 saturated heterocycles. The number of ether oxygens (including phenoxy) is 1. The number of likely N-dealkylation sites (N-methyl/N-ethyl adjacent to an activating group) is 2. The molecule has 3 aromatic carbocycles. The summed E-state index contributed by atoms with van der Waals surface area (Å²) in [6.07, 6.45) is 5.00. The van der Waals surface area contributed by atoms with Crippen molar-refractivity contribution in [3.05, 3.63) is 113 Å². The van der Waals surface area contributed by atoms with Gasteiger partial charge in [-0.3, -0.25) is 14.7 Å². The molecular weight excluding hydrogens is 458 g/mol. The second kappa shape index (κ2) is 10.9. The Morgan fingerprint density at radius 1 is 0.811 bits per heavy atom. The smallest absolute Gasteiger partial charge is 0.418 e. The van der Waals surface area contributed by atoms with E-state index < -0.39 is 0 Å². The van der Waals surface area contributed by atoms with Crippen molar-refractivity contribution in [1.82, 2.24) is 9.80 Å². The van der Waals surface area contributed by atoms with E-state index in [4.69, 9.17) is 4.74 Å². The number of anilines is 1. The van der Waals surface area contributed by atoms with Crippen LogP contribution >= 0.6 is 0 Å². The maximum atomic E-state index is 13.0. The van der Waals surface area contributed by atoms with Crippen molar-refractivity contribution < 1.29 is 9.53 Å². The lowest BCUT2D eigenvalue weighted by Gasteiger charge is -2.39. The number of nitrogens with zero attached hydrogens (tertiary/aromatic N) is 3. The van der Waals surface area contributed by atoms with Crippen molar-refractivity contribution in [1.29, 1.82) is 0 Å². The molecule has 5 heteroatoms. The van der Waals surface area contributed by atoms with Crippen LogP contribution in [0.5, 0.6) is 0 Å². The van der Waals surface area contributed by atoms with E-state index in [1.165, 1.54) is 29.4 Å². The number of hydrogen-bond acceptors (Lipinski definition) is 4. The fraction of sp³-hybridized carbons (Fsp3) is 0.344. The standard InChI is InChI=1S/C32H37N3O2/c1-5-6-19-25-26-20-13-14-21-28(26)35(32(36)37-4)22-27(25)31-33(2)29(23-15-9-7-10-16-23)30(34(31)3)24-17-11-8-12-18-24/h7-18,20-22,25,29-31H,5-6,19H2,1-4H3/t25-,29-,30-/m0/s1. The Hall–Kier alpha value is -3.41. The molecule has 0 saturated carbocycles. The topological polar surface area (TPSA) is 36.0 Å². The molecule has 192 valence electrons. The summed E-state index contributed by atoms with van der Waals surface area (Å²) in [5.41, 5.74) is 5.93. The van der Waals surface area contributed by atoms with Gasteiger partial charge in [-0.25, -0.2) is 4.79 Å². The lowest BCUT2D eigenvalue weighted by Crippen LogP contribution is -2.42. The zero-order chi connectivity index (χ0) is 25.9. The Balaban J connectivity index is 1.65. The normalized spacial score (nSPS) is 22.5. The molecule has 5 nitrogen and oxygen atoms in total. The Morgan fingerprint density at radius 3 is 1.89 bits per heavy atom. The molecule has 0 aliphatic carbocycles. The van der Waals surface area contributed by atoms with Crippen LogP contribution < -0.4 is 4.90 Å². The molecule has 1 fully saturated rings. The Kier molecular flexibility index (Phi) is 7.45. The van der Waals surface area contributed by atoms with Crippen LogP contribution in [0.25, 0.3) is 0 Å². The van der Waals surface area contributed by atoms with E-state index in [0.29, 0.717) is 0 Å². The number of para-hydroxylation sites is 1. The van der Waals surface area contributed by atoms with Crippen molar-refractivity contribution in [3.63, 3.8) is 0 Å². The van der Waals surface area contributed by atoms with Crippen molar-refractivity contribution in [2.24, 2.45) is 0 Å². The van der Waals surface area contributed by atoms with E-state index in [9.17, 15) is 4.79 Å². The Morgan fingerprint density at radius 2 is 1.35 bits per heavy atom. The molecule has 0 N–H and O–H groups in total. The van der Waals surface area contributed by atoms with Crippen LogP contribution in [0, 0.1) is 0 Å². The average molecular weight is 496 g/mol. The van der Waals surface area contributed by atoms with Crippen LogP contribution in [0.1, 0.15) is 60.9 Å². The summed E-state index contributed by atoms with van der Waals surface area (Å²) in [7, 11) is 5.90. The van der Waals surface area contributed by atoms with Crippen LogP contribution in [0.4, 0.5) is 10.5 Å². The highest BCUT2D eigenvalue weighted by Crippen LogP contribution is 2.51. The number of unbranched alkanes of at least 4 members (excludes halogenated alkanes) is 1. The van der Waals surface area contributed by atoms with Crippen molar-refractivity contribution in [2.75, 3.05) is 26.1 Å². The minimum Gasteiger partial charge on any atom is -0.452 e. The van der Waals surface area contributed by atoms with Gasteiger partial charge in [-0.05, 0) is 48.8 Å². The molecule has 3 aromatic rings. The maximum absolute atomic E-state index is 13.0. The lowest BCUT2D eigenvalue weighted by atomic mass is 9.82. The third kappa shape index (κ3) is 4.58. The van der Waals surface area contributed by atoms with Crippen molar-refractivity contribution >= 4 is 11.8 Å². The van der Waals surface area contributed by atoms with Gasteiger partial charge in [-0.15, -0.1) is 0 Å². The second-order valence-corrected chi connectivity index (χ2v) is 10.1. The summed E-state index contributed by atoms with van der Waals surface area (Å²) in [5.74, 6) is 0.220. The third-order valence-electron chi connectivity index (χ3n) is 8.00. The number of hydrogen-bond donors (Lipinski definition) is 0. The average Bonchev–Trinajstić information content (AvgIpc) is 3.21. The molecule has 3 atom stereocenters. The molecule has 0 unspecified atom stereocenters. The minimum absolute atomic E-state index is 0.0118. The number of carbonyl (C=O) groups excluding carboxylic acids is 1. The van der Waals surface area contributed by atoms with E-state index in [2.05, 4.69) is 110 Å². The SMILES string of the molecule is CCCC[C@@H]1C(C2N(C)[C@@H](c3ccccc3)[C@H](c3ccccc3)N2C)=CN(C(=O)OC)c2ccccc21. The zero-order valence-electron chi connectivity index (χ0n) is 22.2. The van der Waals surface area contributed by atoms with Crippen LogP contribution in [0.2, 0.25) is 0 Å². The molecule has 0 radical (unpaired) electrons. The number of fused-ring (bicyclic) bond motifs is 1. The first-order valence-electron chi connectivity index (χ1n) is 13.3. The quantitative estimate of drug-likeness (QED) is 0.365. The molecule has 0 aromatic heterocycles. The van der Waals surface area contributed by atoms with E-state index in [0.717, 1.165) is 24.9 Å². The first-order valence-corrected chi connectivity index (χ1v) is 13.3. The van der Waals surface area contributed by atoms with E-state index in [1.807, 2.05) is 12.1 Å². The summed E-state index contributed by atoms with van der Waals surface area (Å²) in [4.78, 5) is 19.6. The first kappa shape index (κ1) is 25.2. The highest BCUT2D eigenvalue weighted by molar-refractivity contribution is 5.92. The molecule has 2 heterocycles. The van der Waals surface area contributed by atoms with Gasteiger partial charge in [0.15, 0.2) is 0 Å². The predicted molar refractivity (Wildman–Crippen MR) is 149 cm³/mol. The Bertz CT molecular complexity index is 1190. The van der Waals surface area contributed by atoms with Gasteiger partial charge < -0.3 is 4.74 Å². The fourth-order valence-corrected chi connectivity index (χ4v) is 6.36. The summed E-state index contributed by atoms with van der Waals surface area (Å²) in [6.45, 7) is 2.24. The summed E-state index contributed by atoms with van der Waals surface area (Å²) in [5, 5.41) is 0. The van der Waals surface area contributed by atoms with Crippen molar-refractivity contribution in [2.45, 2.75) is 50.4 Å². The van der Waals surface area contributed by atoms with Crippen LogP contribution in [0.3, 0.4) is 0 Å². The van der Waals surface area contributed by atoms with Gasteiger partial charge >= 0.3 is 6.09 Å². The summed E-state index contributed by atoms with van der Waals surface area (Å²) >= 11 is 0. The molecule has 2 aliphatic rings. The van der Waals surface area contributed by atoms with Gasteiger partial charge in [-0.1, -0.05) is 98.6 Å². The number of rotatable bonds is 6. The number of methoxy groups -OCH3 is 1. The largest absolute Gasteiger partial charge is 0.452 e. The Labute approximate surface area is 221 Å². The van der Waals surface area contributed by atoms with Gasteiger partial charge in [0.1, 0.15) is 0 Å². The molecule has 0 spiro atoms. The number of amides is 1.